The van der Waals surface area contributed by atoms with Gasteiger partial charge in [0.05, 0.1) is 6.61 Å². The molecule has 0 amide bonds. The fraction of sp³-hybridized carbons (Fsp3) is 0.889. The number of hydrogen-bond donors (Lipinski definition) is 1. The highest BCUT2D eigenvalue weighted by atomic mass is 16.3. The number of carbonyl (C=O) groups is 1. The Kier molecular flexibility index (Phi) is 5.12. The molecule has 0 saturated carbocycles. The first-order valence-corrected chi connectivity index (χ1v) is 4.27. The maximum atomic E-state index is 11.3. The molecule has 0 aliphatic rings. The number of ketones is 1. The second-order valence-corrected chi connectivity index (χ2v) is 3.25. The van der Waals surface area contributed by atoms with Gasteiger partial charge >= 0.3 is 0 Å². The van der Waals surface area contributed by atoms with Gasteiger partial charge < -0.3 is 5.11 Å². The normalized spacial score (nSPS) is 13.5. The van der Waals surface area contributed by atoms with E-state index in [2.05, 4.69) is 0 Å². The van der Waals surface area contributed by atoms with Crippen molar-refractivity contribution in [2.24, 2.45) is 11.8 Å². The minimum Gasteiger partial charge on any atom is -0.396 e. The molecule has 1 atom stereocenters. The van der Waals surface area contributed by atoms with Crippen LogP contribution >= 0.6 is 0 Å². The molecule has 66 valence electrons. The van der Waals surface area contributed by atoms with Crippen LogP contribution in [0.4, 0.5) is 0 Å². The molecule has 0 aromatic heterocycles. The lowest BCUT2D eigenvalue weighted by Gasteiger charge is -2.15. The number of hydrogen-bond acceptors (Lipinski definition) is 2. The van der Waals surface area contributed by atoms with Gasteiger partial charge in [-0.2, -0.15) is 0 Å². The molecule has 0 aliphatic heterocycles. The Labute approximate surface area is 68.6 Å². The van der Waals surface area contributed by atoms with Crippen LogP contribution in [0.2, 0.25) is 0 Å². The van der Waals surface area contributed by atoms with Crippen molar-refractivity contribution in [1.82, 2.24) is 0 Å². The average molecular weight is 158 g/mol. The predicted molar refractivity (Wildman–Crippen MR) is 45.3 cm³/mol. The number of Topliss-reactive ketones (excluding diaryl/α,β-unsaturated/α-hetero) is 1. The van der Waals surface area contributed by atoms with Gasteiger partial charge in [0.25, 0.3) is 0 Å². The Morgan fingerprint density at radius 2 is 2.00 bits per heavy atom. The molecule has 0 aromatic rings. The Hall–Kier alpha value is -0.370. The van der Waals surface area contributed by atoms with Gasteiger partial charge in [0, 0.05) is 12.3 Å². The number of rotatable bonds is 5. The van der Waals surface area contributed by atoms with E-state index in [1.165, 1.54) is 0 Å². The summed E-state index contributed by atoms with van der Waals surface area (Å²) < 4.78 is 0. The van der Waals surface area contributed by atoms with E-state index < -0.39 is 0 Å². The molecule has 0 aromatic carbocycles. The molecule has 2 nitrogen and oxygen atoms in total. The fourth-order valence-corrected chi connectivity index (χ4v) is 1.12. The minimum atomic E-state index is -0.144. The Balaban J connectivity index is 3.92. The zero-order valence-corrected chi connectivity index (χ0v) is 7.63. The van der Waals surface area contributed by atoms with E-state index in [4.69, 9.17) is 5.11 Å². The SMILES string of the molecule is CCCC(=O)C(CO)C(C)C. The van der Waals surface area contributed by atoms with Gasteiger partial charge in [0.1, 0.15) is 5.78 Å². The third-order valence-corrected chi connectivity index (χ3v) is 1.91. The Morgan fingerprint density at radius 1 is 1.45 bits per heavy atom. The van der Waals surface area contributed by atoms with Crippen LogP contribution < -0.4 is 0 Å². The maximum Gasteiger partial charge on any atom is 0.138 e. The summed E-state index contributed by atoms with van der Waals surface area (Å²) in [6.07, 6.45) is 1.48. The standard InChI is InChI=1S/C9H18O2/c1-4-5-9(11)8(6-10)7(2)3/h7-8,10H,4-6H2,1-3H3. The average Bonchev–Trinajstić information content (AvgIpc) is 1.88. The first-order chi connectivity index (χ1) is 5.13. The van der Waals surface area contributed by atoms with Crippen LogP contribution in [0.25, 0.3) is 0 Å². The highest BCUT2D eigenvalue weighted by Gasteiger charge is 2.19. The van der Waals surface area contributed by atoms with Gasteiger partial charge in [0.15, 0.2) is 0 Å². The van der Waals surface area contributed by atoms with Crippen LogP contribution in [0.15, 0.2) is 0 Å². The molecule has 0 fully saturated rings. The zero-order chi connectivity index (χ0) is 8.85. The largest absolute Gasteiger partial charge is 0.396 e. The summed E-state index contributed by atoms with van der Waals surface area (Å²) in [7, 11) is 0. The van der Waals surface area contributed by atoms with Crippen molar-refractivity contribution in [3.05, 3.63) is 0 Å². The third kappa shape index (κ3) is 3.51. The van der Waals surface area contributed by atoms with Gasteiger partial charge in [-0.05, 0) is 12.3 Å². The smallest absolute Gasteiger partial charge is 0.138 e. The van der Waals surface area contributed by atoms with E-state index >= 15 is 0 Å². The van der Waals surface area contributed by atoms with Gasteiger partial charge in [-0.1, -0.05) is 20.8 Å². The van der Waals surface area contributed by atoms with Crippen LogP contribution in [0, 0.1) is 11.8 Å². The molecular formula is C9H18O2. The number of aliphatic hydroxyl groups is 1. The molecule has 11 heavy (non-hydrogen) atoms. The van der Waals surface area contributed by atoms with Crippen LogP contribution in [-0.4, -0.2) is 17.5 Å². The number of aliphatic hydroxyl groups excluding tert-OH is 1. The van der Waals surface area contributed by atoms with Gasteiger partial charge in [0.2, 0.25) is 0 Å². The molecule has 0 aliphatic carbocycles. The first-order valence-electron chi connectivity index (χ1n) is 4.27. The van der Waals surface area contributed by atoms with E-state index in [9.17, 15) is 4.79 Å². The zero-order valence-electron chi connectivity index (χ0n) is 7.63. The second kappa shape index (κ2) is 5.30. The highest BCUT2D eigenvalue weighted by Crippen LogP contribution is 2.13. The molecule has 0 spiro atoms. The summed E-state index contributed by atoms with van der Waals surface area (Å²) in [5, 5.41) is 8.87. The lowest BCUT2D eigenvalue weighted by atomic mass is 9.90. The molecular weight excluding hydrogens is 140 g/mol. The van der Waals surface area contributed by atoms with Gasteiger partial charge in [-0.15, -0.1) is 0 Å². The summed E-state index contributed by atoms with van der Waals surface area (Å²) in [5.41, 5.74) is 0. The molecule has 1 unspecified atom stereocenters. The minimum absolute atomic E-state index is 0.00347. The second-order valence-electron chi connectivity index (χ2n) is 3.25. The molecule has 0 saturated heterocycles. The number of carbonyl (C=O) groups excluding carboxylic acids is 1. The van der Waals surface area contributed by atoms with Crippen molar-refractivity contribution >= 4 is 5.78 Å². The predicted octanol–water partition coefficient (Wildman–Crippen LogP) is 1.62. The van der Waals surface area contributed by atoms with E-state index in [0.29, 0.717) is 6.42 Å². The summed E-state index contributed by atoms with van der Waals surface area (Å²) >= 11 is 0. The van der Waals surface area contributed by atoms with E-state index in [1.807, 2.05) is 20.8 Å². The van der Waals surface area contributed by atoms with E-state index in [-0.39, 0.29) is 24.2 Å². The van der Waals surface area contributed by atoms with Crippen LogP contribution in [0.5, 0.6) is 0 Å². The summed E-state index contributed by atoms with van der Waals surface area (Å²) in [6, 6.07) is 0. The van der Waals surface area contributed by atoms with Crippen molar-refractivity contribution in [2.45, 2.75) is 33.6 Å². The van der Waals surface area contributed by atoms with Gasteiger partial charge in [-0.3, -0.25) is 4.79 Å². The fourth-order valence-electron chi connectivity index (χ4n) is 1.12. The van der Waals surface area contributed by atoms with Crippen molar-refractivity contribution < 1.29 is 9.90 Å². The monoisotopic (exact) mass is 158 g/mol. The summed E-state index contributed by atoms with van der Waals surface area (Å²) in [6.45, 7) is 5.91. The summed E-state index contributed by atoms with van der Waals surface area (Å²) in [5.74, 6) is 0.319. The maximum absolute atomic E-state index is 11.3. The third-order valence-electron chi connectivity index (χ3n) is 1.91. The van der Waals surface area contributed by atoms with E-state index in [1.54, 1.807) is 0 Å². The van der Waals surface area contributed by atoms with Crippen LogP contribution in [-0.2, 0) is 4.79 Å². The molecule has 0 rings (SSSR count). The molecule has 0 heterocycles. The molecule has 0 bridgehead atoms. The Bertz CT molecular complexity index is 119. The van der Waals surface area contributed by atoms with Crippen LogP contribution in [0.3, 0.4) is 0 Å². The van der Waals surface area contributed by atoms with Crippen molar-refractivity contribution in [1.29, 1.82) is 0 Å². The molecule has 0 radical (unpaired) electrons. The molecule has 2 heteroatoms. The molecule has 1 N–H and O–H groups in total. The van der Waals surface area contributed by atoms with E-state index in [0.717, 1.165) is 6.42 Å². The first kappa shape index (κ1) is 10.6. The Morgan fingerprint density at radius 3 is 2.27 bits per heavy atom. The van der Waals surface area contributed by atoms with Crippen molar-refractivity contribution in [3.63, 3.8) is 0 Å². The van der Waals surface area contributed by atoms with Crippen molar-refractivity contribution in [2.75, 3.05) is 6.61 Å². The van der Waals surface area contributed by atoms with Gasteiger partial charge in [-0.25, -0.2) is 0 Å². The lowest BCUT2D eigenvalue weighted by Crippen LogP contribution is -2.23. The quantitative estimate of drug-likeness (QED) is 0.660. The highest BCUT2D eigenvalue weighted by molar-refractivity contribution is 5.81. The lowest BCUT2D eigenvalue weighted by molar-refractivity contribution is -0.125. The van der Waals surface area contributed by atoms with Crippen LogP contribution in [0.1, 0.15) is 33.6 Å². The topological polar surface area (TPSA) is 37.3 Å². The van der Waals surface area contributed by atoms with Crippen molar-refractivity contribution in [3.8, 4) is 0 Å². The summed E-state index contributed by atoms with van der Waals surface area (Å²) in [4.78, 5) is 11.3.